The largest absolute Gasteiger partial charge is 0.367 e. The first-order valence-corrected chi connectivity index (χ1v) is 6.36. The first-order valence-electron chi connectivity index (χ1n) is 6.36. The topological polar surface area (TPSA) is 63.8 Å². The van der Waals surface area contributed by atoms with E-state index in [0.717, 1.165) is 29.8 Å². The minimum Gasteiger partial charge on any atom is -0.367 e. The van der Waals surface area contributed by atoms with Gasteiger partial charge in [-0.2, -0.15) is 0 Å². The summed E-state index contributed by atoms with van der Waals surface area (Å²) in [4.78, 5) is 8.85. The molecular formula is C14H20N4. The molecule has 0 aliphatic heterocycles. The van der Waals surface area contributed by atoms with E-state index in [1.807, 2.05) is 24.3 Å². The molecule has 0 bridgehead atoms. The monoisotopic (exact) mass is 244 g/mol. The van der Waals surface area contributed by atoms with Crippen molar-refractivity contribution in [1.29, 1.82) is 0 Å². The molecule has 4 heteroatoms. The first kappa shape index (κ1) is 12.8. The fraction of sp³-hybridized carbons (Fsp3) is 0.429. The van der Waals surface area contributed by atoms with Crippen molar-refractivity contribution in [3.05, 3.63) is 30.5 Å². The number of hydrogen-bond donors (Lipinski definition) is 2. The molecule has 0 radical (unpaired) electrons. The van der Waals surface area contributed by atoms with Crippen molar-refractivity contribution in [2.75, 3.05) is 11.9 Å². The van der Waals surface area contributed by atoms with Crippen molar-refractivity contribution in [3.63, 3.8) is 0 Å². The summed E-state index contributed by atoms with van der Waals surface area (Å²) < 4.78 is 0. The highest BCUT2D eigenvalue weighted by molar-refractivity contribution is 5.75. The Morgan fingerprint density at radius 1 is 1.22 bits per heavy atom. The van der Waals surface area contributed by atoms with Gasteiger partial charge in [-0.1, -0.05) is 26.0 Å². The first-order chi connectivity index (χ1) is 8.65. The van der Waals surface area contributed by atoms with Crippen LogP contribution in [0.2, 0.25) is 0 Å². The number of hydrogen-bond acceptors (Lipinski definition) is 4. The van der Waals surface area contributed by atoms with E-state index in [1.54, 1.807) is 6.20 Å². The van der Waals surface area contributed by atoms with Crippen molar-refractivity contribution in [2.45, 2.75) is 26.3 Å². The van der Waals surface area contributed by atoms with Crippen LogP contribution < -0.4 is 11.1 Å². The lowest BCUT2D eigenvalue weighted by molar-refractivity contribution is 0.508. The van der Waals surface area contributed by atoms with Crippen LogP contribution in [0.5, 0.6) is 0 Å². The van der Waals surface area contributed by atoms with Crippen LogP contribution in [0.4, 0.5) is 5.82 Å². The molecule has 0 saturated carbocycles. The van der Waals surface area contributed by atoms with E-state index >= 15 is 0 Å². The number of nitrogens with two attached hydrogens (primary N) is 1. The van der Waals surface area contributed by atoms with Crippen molar-refractivity contribution in [3.8, 4) is 0 Å². The molecule has 0 amide bonds. The summed E-state index contributed by atoms with van der Waals surface area (Å²) in [6.45, 7) is 5.08. The average molecular weight is 244 g/mol. The van der Waals surface area contributed by atoms with Gasteiger partial charge in [0.1, 0.15) is 5.82 Å². The number of fused-ring (bicyclic) bond motifs is 1. The zero-order chi connectivity index (χ0) is 13.0. The predicted octanol–water partition coefficient (Wildman–Crippen LogP) is 2.42. The van der Waals surface area contributed by atoms with Gasteiger partial charge >= 0.3 is 0 Å². The Hall–Kier alpha value is -1.68. The van der Waals surface area contributed by atoms with E-state index < -0.39 is 0 Å². The molecule has 1 heterocycles. The maximum atomic E-state index is 6.02. The van der Waals surface area contributed by atoms with Crippen LogP contribution >= 0.6 is 0 Å². The normalized spacial score (nSPS) is 12.9. The zero-order valence-corrected chi connectivity index (χ0v) is 10.9. The fourth-order valence-electron chi connectivity index (χ4n) is 1.97. The van der Waals surface area contributed by atoms with Gasteiger partial charge in [0.15, 0.2) is 0 Å². The van der Waals surface area contributed by atoms with E-state index in [-0.39, 0.29) is 6.04 Å². The van der Waals surface area contributed by atoms with E-state index in [4.69, 9.17) is 5.73 Å². The Labute approximate surface area is 108 Å². The molecule has 1 atom stereocenters. The molecule has 18 heavy (non-hydrogen) atoms. The number of nitrogens with zero attached hydrogens (tertiary/aromatic N) is 2. The molecule has 1 aromatic heterocycles. The molecule has 0 aliphatic carbocycles. The van der Waals surface area contributed by atoms with Crippen molar-refractivity contribution < 1.29 is 0 Å². The maximum Gasteiger partial charge on any atom is 0.145 e. The van der Waals surface area contributed by atoms with Crippen LogP contribution in [0.3, 0.4) is 0 Å². The van der Waals surface area contributed by atoms with Gasteiger partial charge in [0, 0.05) is 12.6 Å². The van der Waals surface area contributed by atoms with Crippen LogP contribution in [-0.2, 0) is 0 Å². The summed E-state index contributed by atoms with van der Waals surface area (Å²) in [6.07, 6.45) is 2.76. The van der Waals surface area contributed by atoms with Gasteiger partial charge in [-0.25, -0.2) is 4.98 Å². The highest BCUT2D eigenvalue weighted by atomic mass is 15.0. The van der Waals surface area contributed by atoms with Gasteiger partial charge in [-0.15, -0.1) is 0 Å². The van der Waals surface area contributed by atoms with E-state index in [1.165, 1.54) is 0 Å². The molecule has 2 aromatic rings. The molecule has 4 nitrogen and oxygen atoms in total. The number of nitrogens with one attached hydrogen (secondary N) is 1. The second-order valence-electron chi connectivity index (χ2n) is 5.01. The Balaban J connectivity index is 1.99. The molecule has 2 rings (SSSR count). The minimum absolute atomic E-state index is 0.151. The summed E-state index contributed by atoms with van der Waals surface area (Å²) >= 11 is 0. The highest BCUT2D eigenvalue weighted by Crippen LogP contribution is 2.11. The van der Waals surface area contributed by atoms with Gasteiger partial charge in [0.25, 0.3) is 0 Å². The summed E-state index contributed by atoms with van der Waals surface area (Å²) in [5, 5.41) is 3.24. The number of anilines is 1. The van der Waals surface area contributed by atoms with Gasteiger partial charge in [0.05, 0.1) is 17.2 Å². The number of aromatic nitrogens is 2. The zero-order valence-electron chi connectivity index (χ0n) is 10.9. The standard InChI is InChI=1S/C14H20N4/c1-10(2)7-11(15)8-17-14-9-16-12-5-3-4-6-13(12)18-14/h3-6,9-11H,7-8,15H2,1-2H3,(H,17,18). The van der Waals surface area contributed by atoms with Crippen LogP contribution in [0, 0.1) is 5.92 Å². The van der Waals surface area contributed by atoms with Crippen LogP contribution in [0.25, 0.3) is 11.0 Å². The Morgan fingerprint density at radius 2 is 1.94 bits per heavy atom. The summed E-state index contributed by atoms with van der Waals surface area (Å²) in [7, 11) is 0. The summed E-state index contributed by atoms with van der Waals surface area (Å²) in [5.74, 6) is 1.40. The second-order valence-corrected chi connectivity index (χ2v) is 5.01. The van der Waals surface area contributed by atoms with Gasteiger partial charge in [-0.05, 0) is 24.5 Å². The Bertz CT molecular complexity index is 510. The molecule has 0 spiro atoms. The number of rotatable bonds is 5. The van der Waals surface area contributed by atoms with Crippen molar-refractivity contribution >= 4 is 16.9 Å². The predicted molar refractivity (Wildman–Crippen MR) is 75.5 cm³/mol. The van der Waals surface area contributed by atoms with E-state index in [9.17, 15) is 0 Å². The second kappa shape index (κ2) is 5.78. The van der Waals surface area contributed by atoms with Gasteiger partial charge < -0.3 is 11.1 Å². The lowest BCUT2D eigenvalue weighted by Gasteiger charge is -2.15. The fourth-order valence-corrected chi connectivity index (χ4v) is 1.97. The Kier molecular flexibility index (Phi) is 4.10. The van der Waals surface area contributed by atoms with E-state index in [2.05, 4.69) is 29.1 Å². The van der Waals surface area contributed by atoms with Gasteiger partial charge in [-0.3, -0.25) is 4.98 Å². The molecule has 96 valence electrons. The molecule has 1 unspecified atom stereocenters. The SMILES string of the molecule is CC(C)CC(N)CNc1cnc2ccccc2n1. The highest BCUT2D eigenvalue weighted by Gasteiger charge is 2.06. The maximum absolute atomic E-state index is 6.02. The third kappa shape index (κ3) is 3.40. The third-order valence-corrected chi connectivity index (χ3v) is 2.77. The lowest BCUT2D eigenvalue weighted by Crippen LogP contribution is -2.30. The molecule has 0 fully saturated rings. The van der Waals surface area contributed by atoms with E-state index in [0.29, 0.717) is 5.92 Å². The number of benzene rings is 1. The van der Waals surface area contributed by atoms with Crippen LogP contribution in [-0.4, -0.2) is 22.6 Å². The summed E-state index contributed by atoms with van der Waals surface area (Å²) in [5.41, 5.74) is 7.84. The Morgan fingerprint density at radius 3 is 2.67 bits per heavy atom. The van der Waals surface area contributed by atoms with Crippen molar-refractivity contribution in [2.24, 2.45) is 11.7 Å². The quantitative estimate of drug-likeness (QED) is 0.847. The van der Waals surface area contributed by atoms with Gasteiger partial charge in [0.2, 0.25) is 0 Å². The molecule has 0 saturated heterocycles. The molecule has 1 aromatic carbocycles. The van der Waals surface area contributed by atoms with Crippen molar-refractivity contribution in [1.82, 2.24) is 9.97 Å². The van der Waals surface area contributed by atoms with Crippen LogP contribution in [0.15, 0.2) is 30.5 Å². The molecule has 3 N–H and O–H groups in total. The minimum atomic E-state index is 0.151. The average Bonchev–Trinajstić information content (AvgIpc) is 2.35. The lowest BCUT2D eigenvalue weighted by atomic mass is 10.0. The molecular weight excluding hydrogens is 224 g/mol. The van der Waals surface area contributed by atoms with Crippen LogP contribution in [0.1, 0.15) is 20.3 Å². The molecule has 0 aliphatic rings. The summed E-state index contributed by atoms with van der Waals surface area (Å²) in [6, 6.07) is 7.99. The third-order valence-electron chi connectivity index (χ3n) is 2.77. The number of para-hydroxylation sites is 2. The smallest absolute Gasteiger partial charge is 0.145 e.